The van der Waals surface area contributed by atoms with E-state index in [0.717, 1.165) is 5.56 Å². The summed E-state index contributed by atoms with van der Waals surface area (Å²) in [6, 6.07) is 9.67. The molecule has 0 aliphatic rings. The fraction of sp³-hybridized carbons (Fsp3) is 0.273. The van der Waals surface area contributed by atoms with Gasteiger partial charge in [0.05, 0.1) is 6.42 Å². The van der Waals surface area contributed by atoms with Crippen LogP contribution >= 0.6 is 11.6 Å². The summed E-state index contributed by atoms with van der Waals surface area (Å²) >= 11 is 4.86. The molecule has 1 aromatic carbocycles. The molecule has 1 rings (SSSR count). The van der Waals surface area contributed by atoms with Crippen molar-refractivity contribution in [1.29, 1.82) is 0 Å². The number of alkyl halides is 1. The number of likely N-dealkylation sites (N-methyl/N-ethyl adjacent to an activating group) is 1. The Morgan fingerprint density at radius 2 is 1.81 bits per heavy atom. The zero-order valence-corrected chi connectivity index (χ0v) is 9.83. The van der Waals surface area contributed by atoms with E-state index in [1.807, 2.05) is 30.3 Å². The van der Waals surface area contributed by atoms with Crippen LogP contribution in [0.1, 0.15) is 5.56 Å². The molecule has 0 spiro atoms. The number of halogens is 1. The van der Waals surface area contributed by atoms with Crippen molar-refractivity contribution in [2.75, 3.05) is 12.9 Å². The monoisotopic (exact) mass is 242 g/mol. The largest absolute Gasteiger partial charge is 0.369 e. The molecule has 0 heterocycles. The second-order valence-corrected chi connectivity index (χ2v) is 3.20. The van der Waals surface area contributed by atoms with Gasteiger partial charge in [0.15, 0.2) is 0 Å². The third kappa shape index (κ3) is 7.82. The van der Waals surface area contributed by atoms with Gasteiger partial charge in [-0.1, -0.05) is 30.3 Å². The molecule has 0 bridgehead atoms. The summed E-state index contributed by atoms with van der Waals surface area (Å²) in [5, 5.41) is 2.57. The maximum atomic E-state index is 10.9. The Morgan fingerprint density at radius 3 is 2.19 bits per heavy atom. The van der Waals surface area contributed by atoms with Crippen LogP contribution in [0.5, 0.6) is 0 Å². The molecule has 0 unspecified atom stereocenters. The third-order valence-corrected chi connectivity index (χ3v) is 1.88. The number of amides is 2. The summed E-state index contributed by atoms with van der Waals surface area (Å²) in [7, 11) is 1.64. The first-order valence-corrected chi connectivity index (χ1v) is 5.22. The lowest BCUT2D eigenvalue weighted by Gasteiger charge is -1.98. The highest BCUT2D eigenvalue weighted by Crippen LogP contribution is 1.98. The number of hydrogen-bond donors (Lipinski definition) is 2. The average Bonchev–Trinajstić information content (AvgIpc) is 2.31. The van der Waals surface area contributed by atoms with Crippen LogP contribution in [-0.2, 0) is 16.0 Å². The second kappa shape index (κ2) is 8.73. The Bertz CT molecular complexity index is 328. The fourth-order valence-corrected chi connectivity index (χ4v) is 0.870. The van der Waals surface area contributed by atoms with Crippen molar-refractivity contribution in [2.24, 2.45) is 5.73 Å². The summed E-state index contributed by atoms with van der Waals surface area (Å²) in [5.74, 6) is -0.511. The molecule has 0 saturated heterocycles. The van der Waals surface area contributed by atoms with Crippen molar-refractivity contribution in [1.82, 2.24) is 5.32 Å². The predicted octanol–water partition coefficient (Wildman–Crippen LogP) is 0.686. The SMILES string of the molecule is CNC(=O)Cc1ccccc1.NC(=O)CCl. The minimum atomic E-state index is -0.480. The number of hydrogen-bond acceptors (Lipinski definition) is 2. The number of nitrogens with two attached hydrogens (primary N) is 1. The molecule has 0 radical (unpaired) electrons. The van der Waals surface area contributed by atoms with E-state index in [1.54, 1.807) is 7.05 Å². The molecule has 0 aliphatic carbocycles. The first kappa shape index (κ1) is 14.5. The molecule has 0 saturated carbocycles. The number of benzene rings is 1. The molecule has 88 valence electrons. The van der Waals surface area contributed by atoms with Gasteiger partial charge in [0.1, 0.15) is 5.88 Å². The number of carbonyl (C=O) groups is 2. The van der Waals surface area contributed by atoms with Crippen LogP contribution in [0.3, 0.4) is 0 Å². The molecular formula is C11H15ClN2O2. The molecule has 2 amide bonds. The Hall–Kier alpha value is -1.55. The van der Waals surface area contributed by atoms with Crippen LogP contribution in [0.2, 0.25) is 0 Å². The third-order valence-electron chi connectivity index (χ3n) is 1.62. The van der Waals surface area contributed by atoms with Gasteiger partial charge in [0.25, 0.3) is 0 Å². The first-order valence-electron chi connectivity index (χ1n) is 4.69. The van der Waals surface area contributed by atoms with Gasteiger partial charge in [-0.15, -0.1) is 11.6 Å². The van der Waals surface area contributed by atoms with Gasteiger partial charge in [-0.3, -0.25) is 9.59 Å². The average molecular weight is 243 g/mol. The lowest BCUT2D eigenvalue weighted by atomic mass is 10.1. The van der Waals surface area contributed by atoms with E-state index in [2.05, 4.69) is 11.1 Å². The van der Waals surface area contributed by atoms with E-state index in [4.69, 9.17) is 11.6 Å². The van der Waals surface area contributed by atoms with Gasteiger partial charge in [-0.2, -0.15) is 0 Å². The van der Waals surface area contributed by atoms with Crippen molar-refractivity contribution in [3.63, 3.8) is 0 Å². The van der Waals surface area contributed by atoms with E-state index in [9.17, 15) is 9.59 Å². The molecule has 0 atom stereocenters. The van der Waals surface area contributed by atoms with E-state index in [0.29, 0.717) is 6.42 Å². The van der Waals surface area contributed by atoms with E-state index in [1.165, 1.54) is 0 Å². The minimum absolute atomic E-state index is 0.0520. The van der Waals surface area contributed by atoms with Crippen molar-refractivity contribution in [2.45, 2.75) is 6.42 Å². The van der Waals surface area contributed by atoms with E-state index in [-0.39, 0.29) is 11.8 Å². The Kier molecular flexibility index (Phi) is 7.89. The van der Waals surface area contributed by atoms with Gasteiger partial charge in [-0.05, 0) is 5.56 Å². The van der Waals surface area contributed by atoms with Gasteiger partial charge in [0.2, 0.25) is 11.8 Å². The van der Waals surface area contributed by atoms with Crippen LogP contribution in [0.15, 0.2) is 30.3 Å². The molecule has 1 aromatic rings. The van der Waals surface area contributed by atoms with Crippen LogP contribution in [0.4, 0.5) is 0 Å². The standard InChI is InChI=1S/C9H11NO.C2H4ClNO/c1-10-9(11)7-8-5-3-2-4-6-8;3-1-2(4)5/h2-6H,7H2,1H3,(H,10,11);1H2,(H2,4,5). The lowest BCUT2D eigenvalue weighted by molar-refractivity contribution is -0.120. The molecule has 3 N–H and O–H groups in total. The molecule has 4 nitrogen and oxygen atoms in total. The van der Waals surface area contributed by atoms with Crippen molar-refractivity contribution in [3.05, 3.63) is 35.9 Å². The molecular weight excluding hydrogens is 228 g/mol. The fourth-order valence-electron chi connectivity index (χ4n) is 0.870. The normalized spacial score (nSPS) is 8.62. The highest BCUT2D eigenvalue weighted by atomic mass is 35.5. The molecule has 0 aliphatic heterocycles. The maximum Gasteiger partial charge on any atom is 0.232 e. The van der Waals surface area contributed by atoms with Crippen LogP contribution in [0.25, 0.3) is 0 Å². The van der Waals surface area contributed by atoms with Crippen LogP contribution in [-0.4, -0.2) is 24.7 Å². The quantitative estimate of drug-likeness (QED) is 0.766. The second-order valence-electron chi connectivity index (χ2n) is 2.94. The van der Waals surface area contributed by atoms with Crippen LogP contribution in [0, 0.1) is 0 Å². The van der Waals surface area contributed by atoms with Gasteiger partial charge in [0, 0.05) is 7.05 Å². The smallest absolute Gasteiger partial charge is 0.232 e. The number of carbonyl (C=O) groups excluding carboxylic acids is 2. The Morgan fingerprint density at radius 1 is 1.31 bits per heavy atom. The first-order chi connectivity index (χ1) is 7.60. The van der Waals surface area contributed by atoms with E-state index >= 15 is 0 Å². The van der Waals surface area contributed by atoms with Crippen molar-refractivity contribution >= 4 is 23.4 Å². The molecule has 5 heteroatoms. The summed E-state index contributed by atoms with van der Waals surface area (Å²) in [6.45, 7) is 0. The number of nitrogens with one attached hydrogen (secondary N) is 1. The summed E-state index contributed by atoms with van der Waals surface area (Å²) in [4.78, 5) is 20.3. The minimum Gasteiger partial charge on any atom is -0.369 e. The van der Waals surface area contributed by atoms with E-state index < -0.39 is 5.91 Å². The van der Waals surface area contributed by atoms with Gasteiger partial charge in [-0.25, -0.2) is 0 Å². The summed E-state index contributed by atoms with van der Waals surface area (Å²) in [6.07, 6.45) is 0.470. The van der Waals surface area contributed by atoms with Crippen molar-refractivity contribution < 1.29 is 9.59 Å². The molecule has 16 heavy (non-hydrogen) atoms. The number of primary amides is 1. The van der Waals surface area contributed by atoms with Gasteiger partial charge >= 0.3 is 0 Å². The molecule has 0 aromatic heterocycles. The zero-order valence-electron chi connectivity index (χ0n) is 9.07. The highest BCUT2D eigenvalue weighted by molar-refractivity contribution is 6.27. The van der Waals surface area contributed by atoms with Gasteiger partial charge < -0.3 is 11.1 Å². The topological polar surface area (TPSA) is 72.2 Å². The Labute approximate surface area is 99.8 Å². The maximum absolute atomic E-state index is 10.9. The summed E-state index contributed by atoms with van der Waals surface area (Å²) < 4.78 is 0. The predicted molar refractivity (Wildman–Crippen MR) is 64.1 cm³/mol. The highest BCUT2D eigenvalue weighted by Gasteiger charge is 1.97. The zero-order chi connectivity index (χ0) is 12.4. The number of rotatable bonds is 3. The molecule has 0 fully saturated rings. The van der Waals surface area contributed by atoms with Crippen LogP contribution < -0.4 is 11.1 Å². The lowest BCUT2D eigenvalue weighted by Crippen LogP contribution is -2.19. The summed E-state index contributed by atoms with van der Waals surface area (Å²) in [5.41, 5.74) is 5.57. The Balaban J connectivity index is 0.000000385. The van der Waals surface area contributed by atoms with Crippen molar-refractivity contribution in [3.8, 4) is 0 Å².